The molecule has 0 amide bonds. The van der Waals surface area contributed by atoms with E-state index in [1.54, 1.807) is 18.3 Å². The second-order valence-electron chi connectivity index (χ2n) is 2.91. The van der Waals surface area contributed by atoms with Gasteiger partial charge in [-0.25, -0.2) is 0 Å². The van der Waals surface area contributed by atoms with Crippen molar-refractivity contribution in [2.24, 2.45) is 0 Å². The minimum absolute atomic E-state index is 0.233. The fraction of sp³-hybridized carbons (Fsp3) is 0.100. The summed E-state index contributed by atoms with van der Waals surface area (Å²) in [7, 11) is 0. The molecule has 2 aromatic rings. The van der Waals surface area contributed by atoms with Crippen LogP contribution in [-0.4, -0.2) is 11.3 Å². The second kappa shape index (κ2) is 3.42. The summed E-state index contributed by atoms with van der Waals surface area (Å²) in [5, 5.41) is 0.610. The zero-order valence-corrected chi connectivity index (χ0v) is 7.45. The maximum atomic E-state index is 11.9. The van der Waals surface area contributed by atoms with Crippen molar-refractivity contribution in [2.45, 2.75) is 6.36 Å². The highest BCUT2D eigenvalue weighted by molar-refractivity contribution is 5.79. The van der Waals surface area contributed by atoms with Gasteiger partial charge in [0.2, 0.25) is 0 Å². The van der Waals surface area contributed by atoms with Crippen molar-refractivity contribution < 1.29 is 17.9 Å². The molecule has 1 heterocycles. The zero-order chi connectivity index (χ0) is 10.9. The molecule has 1 aromatic heterocycles. The highest BCUT2D eigenvalue weighted by Crippen LogP contribution is 2.25. The van der Waals surface area contributed by atoms with Crippen LogP contribution in [0.3, 0.4) is 0 Å². The summed E-state index contributed by atoms with van der Waals surface area (Å²) < 4.78 is 39.5. The Hall–Kier alpha value is -1.78. The number of nitrogens with zero attached hydrogens (tertiary/aromatic N) is 1. The normalized spacial score (nSPS) is 11.7. The molecule has 0 N–H and O–H groups in total. The van der Waals surface area contributed by atoms with Crippen LogP contribution in [0, 0.1) is 0 Å². The van der Waals surface area contributed by atoms with Crippen LogP contribution in [0.15, 0.2) is 36.5 Å². The number of ether oxygens (including phenoxy) is 1. The molecule has 15 heavy (non-hydrogen) atoms. The van der Waals surface area contributed by atoms with Gasteiger partial charge >= 0.3 is 6.36 Å². The Morgan fingerprint density at radius 2 is 1.93 bits per heavy atom. The molecule has 0 radical (unpaired) electrons. The van der Waals surface area contributed by atoms with Gasteiger partial charge in [0.05, 0.1) is 5.52 Å². The minimum Gasteiger partial charge on any atom is -0.406 e. The molecule has 0 saturated carbocycles. The molecule has 1 aromatic carbocycles. The lowest BCUT2D eigenvalue weighted by Crippen LogP contribution is -2.16. The number of hydrogen-bond donors (Lipinski definition) is 0. The largest absolute Gasteiger partial charge is 0.573 e. The van der Waals surface area contributed by atoms with Crippen LogP contribution < -0.4 is 4.74 Å². The Balaban J connectivity index is 2.39. The molecule has 0 spiro atoms. The molecule has 0 bridgehead atoms. The molecular formula is C10H6F3NO. The maximum absolute atomic E-state index is 11.9. The van der Waals surface area contributed by atoms with Gasteiger partial charge in [0, 0.05) is 11.6 Å². The van der Waals surface area contributed by atoms with E-state index in [-0.39, 0.29) is 5.75 Å². The summed E-state index contributed by atoms with van der Waals surface area (Å²) in [6, 6.07) is 7.35. The average molecular weight is 213 g/mol. The number of fused-ring (bicyclic) bond motifs is 1. The molecular weight excluding hydrogens is 207 g/mol. The van der Waals surface area contributed by atoms with Crippen molar-refractivity contribution >= 4 is 10.9 Å². The van der Waals surface area contributed by atoms with Gasteiger partial charge in [-0.15, -0.1) is 13.2 Å². The summed E-state index contributed by atoms with van der Waals surface area (Å²) in [5.41, 5.74) is 0.632. The van der Waals surface area contributed by atoms with Gasteiger partial charge < -0.3 is 4.74 Å². The topological polar surface area (TPSA) is 22.1 Å². The monoisotopic (exact) mass is 213 g/mol. The first-order chi connectivity index (χ1) is 7.04. The molecule has 0 saturated heterocycles. The zero-order valence-electron chi connectivity index (χ0n) is 7.45. The molecule has 0 aliphatic rings. The standard InChI is InChI=1S/C10H6F3NO/c11-10(12,13)15-8-3-4-9-7(6-8)2-1-5-14-9/h1-6H. The summed E-state index contributed by atoms with van der Waals surface area (Å²) in [6.07, 6.45) is -3.08. The fourth-order valence-corrected chi connectivity index (χ4v) is 1.25. The second-order valence-corrected chi connectivity index (χ2v) is 2.91. The van der Waals surface area contributed by atoms with Crippen molar-refractivity contribution in [3.63, 3.8) is 0 Å². The highest BCUT2D eigenvalue weighted by Gasteiger charge is 2.31. The van der Waals surface area contributed by atoms with Gasteiger partial charge in [-0.2, -0.15) is 0 Å². The average Bonchev–Trinajstić information content (AvgIpc) is 2.15. The Labute approximate surface area is 83.3 Å². The summed E-state index contributed by atoms with van der Waals surface area (Å²) in [5.74, 6) is -0.233. The van der Waals surface area contributed by atoms with E-state index in [0.29, 0.717) is 10.9 Å². The SMILES string of the molecule is FC(F)(F)Oc1ccc2ncccc2c1. The van der Waals surface area contributed by atoms with E-state index in [4.69, 9.17) is 0 Å². The molecule has 2 nitrogen and oxygen atoms in total. The Kier molecular flexibility index (Phi) is 2.22. The number of rotatable bonds is 1. The van der Waals surface area contributed by atoms with Crippen LogP contribution in [0.5, 0.6) is 5.75 Å². The number of pyridine rings is 1. The predicted molar refractivity (Wildman–Crippen MR) is 48.4 cm³/mol. The minimum atomic E-state index is -4.66. The van der Waals surface area contributed by atoms with E-state index in [9.17, 15) is 13.2 Å². The first kappa shape index (κ1) is 9.76. The van der Waals surface area contributed by atoms with Gasteiger partial charge in [-0.3, -0.25) is 4.98 Å². The molecule has 0 fully saturated rings. The van der Waals surface area contributed by atoms with Crippen molar-refractivity contribution in [1.82, 2.24) is 4.98 Å². The Morgan fingerprint density at radius 1 is 1.13 bits per heavy atom. The van der Waals surface area contributed by atoms with E-state index in [0.717, 1.165) is 0 Å². The van der Waals surface area contributed by atoms with Gasteiger partial charge in [0.15, 0.2) is 0 Å². The molecule has 78 valence electrons. The number of benzene rings is 1. The molecule has 0 atom stereocenters. The fourth-order valence-electron chi connectivity index (χ4n) is 1.25. The van der Waals surface area contributed by atoms with Crippen molar-refractivity contribution in [3.05, 3.63) is 36.5 Å². The quantitative estimate of drug-likeness (QED) is 0.726. The third kappa shape index (κ3) is 2.37. The summed E-state index contributed by atoms with van der Waals surface area (Å²) in [6.45, 7) is 0. The molecule has 0 aliphatic carbocycles. The third-order valence-corrected chi connectivity index (χ3v) is 1.81. The van der Waals surface area contributed by atoms with Crippen molar-refractivity contribution in [3.8, 4) is 5.75 Å². The first-order valence-electron chi connectivity index (χ1n) is 4.15. The van der Waals surface area contributed by atoms with E-state index in [1.807, 2.05) is 0 Å². The van der Waals surface area contributed by atoms with Gasteiger partial charge in [-0.05, 0) is 24.3 Å². The molecule has 0 unspecified atom stereocenters. The van der Waals surface area contributed by atoms with Crippen LogP contribution >= 0.6 is 0 Å². The maximum Gasteiger partial charge on any atom is 0.573 e. The van der Waals surface area contributed by atoms with E-state index >= 15 is 0 Å². The number of aromatic nitrogens is 1. The first-order valence-corrected chi connectivity index (χ1v) is 4.15. The third-order valence-electron chi connectivity index (χ3n) is 1.81. The van der Waals surface area contributed by atoms with Crippen LogP contribution in [-0.2, 0) is 0 Å². The van der Waals surface area contributed by atoms with E-state index in [2.05, 4.69) is 9.72 Å². The van der Waals surface area contributed by atoms with Crippen molar-refractivity contribution in [2.75, 3.05) is 0 Å². The Morgan fingerprint density at radius 3 is 2.67 bits per heavy atom. The van der Waals surface area contributed by atoms with Crippen LogP contribution in [0.4, 0.5) is 13.2 Å². The van der Waals surface area contributed by atoms with Gasteiger partial charge in [0.25, 0.3) is 0 Å². The number of halogens is 3. The van der Waals surface area contributed by atoms with Crippen LogP contribution in [0.25, 0.3) is 10.9 Å². The smallest absolute Gasteiger partial charge is 0.406 e. The van der Waals surface area contributed by atoms with E-state index in [1.165, 1.54) is 18.2 Å². The lowest BCUT2D eigenvalue weighted by Gasteiger charge is -2.08. The van der Waals surface area contributed by atoms with Gasteiger partial charge in [0.1, 0.15) is 5.75 Å². The highest BCUT2D eigenvalue weighted by atomic mass is 19.4. The lowest BCUT2D eigenvalue weighted by molar-refractivity contribution is -0.274. The predicted octanol–water partition coefficient (Wildman–Crippen LogP) is 3.13. The molecule has 2 rings (SSSR count). The van der Waals surface area contributed by atoms with Crippen LogP contribution in [0.2, 0.25) is 0 Å². The Bertz CT molecular complexity index is 481. The van der Waals surface area contributed by atoms with Gasteiger partial charge in [-0.1, -0.05) is 6.07 Å². The van der Waals surface area contributed by atoms with Crippen molar-refractivity contribution in [1.29, 1.82) is 0 Å². The number of hydrogen-bond acceptors (Lipinski definition) is 2. The summed E-state index contributed by atoms with van der Waals surface area (Å²) >= 11 is 0. The number of alkyl halides is 3. The molecule has 0 aliphatic heterocycles. The van der Waals surface area contributed by atoms with Crippen LogP contribution in [0.1, 0.15) is 0 Å². The summed E-state index contributed by atoms with van der Waals surface area (Å²) in [4.78, 5) is 3.98. The van der Waals surface area contributed by atoms with E-state index < -0.39 is 6.36 Å². The molecule has 5 heteroatoms. The lowest BCUT2D eigenvalue weighted by atomic mass is 10.2.